The van der Waals surface area contributed by atoms with Gasteiger partial charge in [0.2, 0.25) is 17.7 Å². The average molecular weight is 373 g/mol. The van der Waals surface area contributed by atoms with Crippen LogP contribution in [-0.2, 0) is 20.9 Å². The van der Waals surface area contributed by atoms with Crippen LogP contribution in [0.3, 0.4) is 0 Å². The molecule has 5 rings (SSSR count). The van der Waals surface area contributed by atoms with Crippen LogP contribution in [-0.4, -0.2) is 33.6 Å². The van der Waals surface area contributed by atoms with Crippen molar-refractivity contribution in [2.45, 2.75) is 18.6 Å². The highest BCUT2D eigenvalue weighted by molar-refractivity contribution is 6.09. The molecule has 0 spiro atoms. The van der Waals surface area contributed by atoms with Crippen LogP contribution in [0.5, 0.6) is 0 Å². The number of primary amides is 1. The quantitative estimate of drug-likeness (QED) is 0.830. The number of carbonyl (C=O) groups excluding carboxylic acids is 3. The number of likely N-dealkylation sites (tertiary alicyclic amines) is 1. The molecule has 28 heavy (non-hydrogen) atoms. The molecule has 0 aliphatic carbocycles. The van der Waals surface area contributed by atoms with Gasteiger partial charge in [-0.25, -0.2) is 0 Å². The standard InChI is InChI=1S/C22H19N3O3/c23-20(26)19-17-16(18-15-9-5-4-8-14(15)10-11-24(18)19)21(27)25(22(17)28)12-13-6-2-1-3-7-13/h1-11,16-19H,12H2,(H2,23,26). The van der Waals surface area contributed by atoms with Crippen molar-refractivity contribution in [1.29, 1.82) is 0 Å². The normalized spacial score (nSPS) is 27.6. The molecule has 0 bridgehead atoms. The minimum absolute atomic E-state index is 0.210. The van der Waals surface area contributed by atoms with Crippen LogP contribution in [0.1, 0.15) is 22.7 Å². The summed E-state index contributed by atoms with van der Waals surface area (Å²) in [5.41, 5.74) is 8.51. The Bertz CT molecular complexity index is 1020. The van der Waals surface area contributed by atoms with Crippen LogP contribution in [0.4, 0.5) is 0 Å². The molecule has 2 aromatic carbocycles. The molecule has 0 aromatic heterocycles. The number of benzene rings is 2. The third-order valence-corrected chi connectivity index (χ3v) is 6.03. The van der Waals surface area contributed by atoms with Crippen molar-refractivity contribution in [1.82, 2.24) is 9.80 Å². The van der Waals surface area contributed by atoms with Crippen LogP contribution in [0, 0.1) is 11.8 Å². The van der Waals surface area contributed by atoms with E-state index in [9.17, 15) is 14.4 Å². The molecular weight excluding hydrogens is 354 g/mol. The molecule has 4 atom stereocenters. The molecule has 2 fully saturated rings. The maximum atomic E-state index is 13.3. The second-order valence-corrected chi connectivity index (χ2v) is 7.48. The molecule has 140 valence electrons. The average Bonchev–Trinajstić information content (AvgIpc) is 3.18. The maximum absolute atomic E-state index is 13.3. The highest BCUT2D eigenvalue weighted by atomic mass is 16.2. The molecule has 0 radical (unpaired) electrons. The van der Waals surface area contributed by atoms with Crippen molar-refractivity contribution in [2.24, 2.45) is 17.6 Å². The number of nitrogens with two attached hydrogens (primary N) is 1. The van der Waals surface area contributed by atoms with Crippen LogP contribution in [0.15, 0.2) is 60.8 Å². The molecule has 2 aromatic rings. The highest BCUT2D eigenvalue weighted by Gasteiger charge is 2.63. The summed E-state index contributed by atoms with van der Waals surface area (Å²) in [5, 5.41) is 0. The zero-order chi connectivity index (χ0) is 19.4. The van der Waals surface area contributed by atoms with E-state index in [-0.39, 0.29) is 24.4 Å². The van der Waals surface area contributed by atoms with Crippen LogP contribution in [0.25, 0.3) is 6.08 Å². The Morgan fingerprint density at radius 1 is 0.929 bits per heavy atom. The SMILES string of the molecule is NC(=O)C1C2C(=O)N(Cc3ccccc3)C(=O)C2C2c3ccccc3C=CN12. The number of rotatable bonds is 3. The highest BCUT2D eigenvalue weighted by Crippen LogP contribution is 2.52. The Labute approximate surface area is 162 Å². The van der Waals surface area contributed by atoms with Gasteiger partial charge in [-0.1, -0.05) is 54.6 Å². The first kappa shape index (κ1) is 16.7. The van der Waals surface area contributed by atoms with Crippen molar-refractivity contribution in [2.75, 3.05) is 0 Å². The Hall–Kier alpha value is -3.41. The predicted molar refractivity (Wildman–Crippen MR) is 102 cm³/mol. The maximum Gasteiger partial charge on any atom is 0.240 e. The molecular formula is C22H19N3O3. The van der Waals surface area contributed by atoms with Gasteiger partial charge in [0.05, 0.1) is 24.4 Å². The van der Waals surface area contributed by atoms with Gasteiger partial charge in [-0.15, -0.1) is 0 Å². The third kappa shape index (κ3) is 2.24. The second-order valence-electron chi connectivity index (χ2n) is 7.48. The van der Waals surface area contributed by atoms with Crippen LogP contribution < -0.4 is 5.73 Å². The molecule has 3 amide bonds. The number of nitrogens with zero attached hydrogens (tertiary/aromatic N) is 2. The van der Waals surface area contributed by atoms with Gasteiger partial charge < -0.3 is 10.6 Å². The van der Waals surface area contributed by atoms with E-state index >= 15 is 0 Å². The van der Waals surface area contributed by atoms with Gasteiger partial charge in [0, 0.05) is 6.20 Å². The third-order valence-electron chi connectivity index (χ3n) is 6.03. The number of carbonyl (C=O) groups is 3. The summed E-state index contributed by atoms with van der Waals surface area (Å²) in [6.07, 6.45) is 3.70. The van der Waals surface area contributed by atoms with Gasteiger partial charge in [-0.3, -0.25) is 19.3 Å². The first-order valence-corrected chi connectivity index (χ1v) is 9.31. The van der Waals surface area contributed by atoms with Gasteiger partial charge in [0.15, 0.2) is 0 Å². The lowest BCUT2D eigenvalue weighted by atomic mass is 9.84. The van der Waals surface area contributed by atoms with Crippen molar-refractivity contribution >= 4 is 23.8 Å². The number of imide groups is 1. The number of hydrogen-bond acceptors (Lipinski definition) is 4. The molecule has 2 saturated heterocycles. The lowest BCUT2D eigenvalue weighted by Crippen LogP contribution is -2.46. The Kier molecular flexibility index (Phi) is 3.62. The minimum atomic E-state index is -0.822. The molecule has 6 nitrogen and oxygen atoms in total. The summed E-state index contributed by atoms with van der Waals surface area (Å²) in [7, 11) is 0. The summed E-state index contributed by atoms with van der Waals surface area (Å²) in [6.45, 7) is 0.210. The summed E-state index contributed by atoms with van der Waals surface area (Å²) >= 11 is 0. The van der Waals surface area contributed by atoms with E-state index in [4.69, 9.17) is 5.73 Å². The van der Waals surface area contributed by atoms with Gasteiger partial charge in [-0.2, -0.15) is 0 Å². The monoisotopic (exact) mass is 373 g/mol. The molecule has 3 aliphatic heterocycles. The fraction of sp³-hybridized carbons (Fsp3) is 0.227. The molecule has 0 saturated carbocycles. The van der Waals surface area contributed by atoms with Crippen LogP contribution >= 0.6 is 0 Å². The van der Waals surface area contributed by atoms with E-state index in [1.807, 2.05) is 60.7 Å². The smallest absolute Gasteiger partial charge is 0.240 e. The molecule has 3 aliphatic rings. The van der Waals surface area contributed by atoms with Crippen LogP contribution in [0.2, 0.25) is 0 Å². The van der Waals surface area contributed by atoms with E-state index in [1.54, 1.807) is 11.1 Å². The second kappa shape index (κ2) is 6.05. The predicted octanol–water partition coefficient (Wildman–Crippen LogP) is 1.68. The van der Waals surface area contributed by atoms with Crippen molar-refractivity contribution in [3.63, 3.8) is 0 Å². The van der Waals surface area contributed by atoms with E-state index < -0.39 is 23.8 Å². The van der Waals surface area contributed by atoms with Gasteiger partial charge in [-0.05, 0) is 22.8 Å². The molecule has 6 heteroatoms. The molecule has 3 heterocycles. The minimum Gasteiger partial charge on any atom is -0.368 e. The van der Waals surface area contributed by atoms with Crippen molar-refractivity contribution in [3.8, 4) is 0 Å². The van der Waals surface area contributed by atoms with Gasteiger partial charge in [0.25, 0.3) is 0 Å². The Morgan fingerprint density at radius 3 is 2.36 bits per heavy atom. The zero-order valence-electron chi connectivity index (χ0n) is 15.1. The van der Waals surface area contributed by atoms with Crippen molar-refractivity contribution < 1.29 is 14.4 Å². The fourth-order valence-corrected chi connectivity index (χ4v) is 4.87. The summed E-state index contributed by atoms with van der Waals surface area (Å²) in [5.74, 6) is -2.50. The topological polar surface area (TPSA) is 83.7 Å². The van der Waals surface area contributed by atoms with Crippen molar-refractivity contribution in [3.05, 3.63) is 77.5 Å². The summed E-state index contributed by atoms with van der Waals surface area (Å²) in [4.78, 5) is 41.9. The largest absolute Gasteiger partial charge is 0.368 e. The number of amides is 3. The Balaban J connectivity index is 1.58. The van der Waals surface area contributed by atoms with E-state index in [1.165, 1.54) is 4.90 Å². The fourth-order valence-electron chi connectivity index (χ4n) is 4.87. The molecule has 2 N–H and O–H groups in total. The molecule has 4 unspecified atom stereocenters. The lowest BCUT2D eigenvalue weighted by molar-refractivity contribution is -0.143. The van der Waals surface area contributed by atoms with Gasteiger partial charge >= 0.3 is 0 Å². The first-order valence-electron chi connectivity index (χ1n) is 9.31. The van der Waals surface area contributed by atoms with E-state index in [0.717, 1.165) is 16.7 Å². The van der Waals surface area contributed by atoms with E-state index in [2.05, 4.69) is 0 Å². The van der Waals surface area contributed by atoms with E-state index in [0.29, 0.717) is 0 Å². The number of fused-ring (bicyclic) bond motifs is 5. The zero-order valence-corrected chi connectivity index (χ0v) is 15.1. The first-order chi connectivity index (χ1) is 13.6. The number of hydrogen-bond donors (Lipinski definition) is 1. The summed E-state index contributed by atoms with van der Waals surface area (Å²) < 4.78 is 0. The Morgan fingerprint density at radius 2 is 1.61 bits per heavy atom. The lowest BCUT2D eigenvalue weighted by Gasteiger charge is -2.34. The van der Waals surface area contributed by atoms with Gasteiger partial charge in [0.1, 0.15) is 6.04 Å². The summed E-state index contributed by atoms with van der Waals surface area (Å²) in [6, 6.07) is 16.0.